The molecular weight excluding hydrogens is 521 g/mol. The normalized spacial score (nSPS) is 12.5. The van der Waals surface area contributed by atoms with Gasteiger partial charge in [0.05, 0.1) is 5.57 Å². The smallest absolute Gasteiger partial charge is 0.295 e. The molecule has 0 aromatic heterocycles. The first-order chi connectivity index (χ1) is 18.4. The first-order valence-corrected chi connectivity index (χ1v) is 14.3. The minimum Gasteiger partial charge on any atom is -0.295 e. The van der Waals surface area contributed by atoms with E-state index in [1.807, 2.05) is 52.8 Å². The van der Waals surface area contributed by atoms with Crippen LogP contribution in [-0.2, 0) is 4.79 Å². The Hall–Kier alpha value is -2.45. The van der Waals surface area contributed by atoms with Crippen LogP contribution in [0.15, 0.2) is 86.9 Å². The Kier molecular flexibility index (Phi) is 22.2. The van der Waals surface area contributed by atoms with Gasteiger partial charge < -0.3 is 0 Å². The molecule has 1 amide bonds. The number of likely N-dealkylation sites (N-methyl/N-ethyl adjacent to an activating group) is 1. The number of carbonyl (C=O) groups is 1. The molecule has 0 aromatic carbocycles. The third kappa shape index (κ3) is 18.5. The highest BCUT2D eigenvalue weighted by Gasteiger charge is 2.31. The molecule has 0 bridgehead atoms. The molecule has 0 fully saturated rings. The van der Waals surface area contributed by atoms with E-state index >= 15 is 0 Å². The van der Waals surface area contributed by atoms with Crippen LogP contribution in [0.5, 0.6) is 0 Å². The number of amides is 1. The molecule has 0 saturated carbocycles. The number of hydrogen-bond acceptors (Lipinski definition) is 4. The summed E-state index contributed by atoms with van der Waals surface area (Å²) in [5.41, 5.74) is 2.34. The van der Waals surface area contributed by atoms with Crippen LogP contribution in [0.2, 0.25) is 0 Å². The number of carbonyl (C=O) groups excluding carboxylic acids is 1. The van der Waals surface area contributed by atoms with Gasteiger partial charge in [-0.1, -0.05) is 107 Å². The summed E-state index contributed by atoms with van der Waals surface area (Å²) in [6, 6.07) is 0. The van der Waals surface area contributed by atoms with E-state index in [9.17, 15) is 22.9 Å². The lowest BCUT2D eigenvalue weighted by Gasteiger charge is -2.21. The third-order valence-corrected chi connectivity index (χ3v) is 6.66. The number of thioether (sulfide) groups is 1. The fourth-order valence-corrected chi connectivity index (χ4v) is 4.10. The molecule has 0 saturated heterocycles. The lowest BCUT2D eigenvalue weighted by molar-refractivity contribution is -0.117. The first-order valence-electron chi connectivity index (χ1n) is 13.5. The lowest BCUT2D eigenvalue weighted by Crippen LogP contribution is -2.25. The highest BCUT2D eigenvalue weighted by atomic mass is 32.2. The third-order valence-electron chi connectivity index (χ3n) is 5.42. The standard InChI is InChI=1S/C29H41F3N2O2S.C2H6/c1-8-14-26(29(30,31)32)17-13-15-24(7)37-27(22(4)5)21-34(10-3)20-12-11-16-25(23(6)9-2)18-19-28(35)33-36;1-2/h11-14,16-17H,6-10,15,18-21H2,1-5H3;1-2H3/b12-11-,17-13-,25-16-,26-14+;. The van der Waals surface area contributed by atoms with Crippen LogP contribution in [-0.4, -0.2) is 36.6 Å². The van der Waals surface area contributed by atoms with Crippen LogP contribution in [0.3, 0.4) is 0 Å². The monoisotopic (exact) mass is 568 g/mol. The number of halogens is 3. The van der Waals surface area contributed by atoms with Crippen LogP contribution in [0.25, 0.3) is 0 Å². The quantitative estimate of drug-likeness (QED) is 0.129. The van der Waals surface area contributed by atoms with Crippen LogP contribution in [0.4, 0.5) is 13.2 Å². The summed E-state index contributed by atoms with van der Waals surface area (Å²) < 4.78 is 39.1. The van der Waals surface area contributed by atoms with Crippen LogP contribution in [0.1, 0.15) is 80.6 Å². The summed E-state index contributed by atoms with van der Waals surface area (Å²) in [5.74, 6) is -0.669. The largest absolute Gasteiger partial charge is 0.416 e. The van der Waals surface area contributed by atoms with Crippen LogP contribution in [0, 0.1) is 4.91 Å². The predicted molar refractivity (Wildman–Crippen MR) is 163 cm³/mol. The van der Waals surface area contributed by atoms with Gasteiger partial charge in [-0.25, -0.2) is 0 Å². The fourth-order valence-electron chi connectivity index (χ4n) is 3.12. The molecule has 0 unspecified atom stereocenters. The molecule has 39 heavy (non-hydrogen) atoms. The average molecular weight is 569 g/mol. The summed E-state index contributed by atoms with van der Waals surface area (Å²) in [4.78, 5) is 25.7. The predicted octanol–water partition coefficient (Wildman–Crippen LogP) is 10.2. The zero-order chi connectivity index (χ0) is 30.4. The van der Waals surface area contributed by atoms with Crippen LogP contribution < -0.4 is 0 Å². The Morgan fingerprint density at radius 2 is 1.69 bits per heavy atom. The zero-order valence-corrected chi connectivity index (χ0v) is 25.6. The number of nitroso groups, excluding NO2 is 1. The second-order valence-corrected chi connectivity index (χ2v) is 9.90. The average Bonchev–Trinajstić information content (AvgIpc) is 2.90. The number of alkyl halides is 3. The molecule has 220 valence electrons. The lowest BCUT2D eigenvalue weighted by atomic mass is 10.00. The summed E-state index contributed by atoms with van der Waals surface area (Å²) in [7, 11) is 0. The van der Waals surface area contributed by atoms with Gasteiger partial charge in [0.25, 0.3) is 5.91 Å². The molecule has 4 nitrogen and oxygen atoms in total. The van der Waals surface area contributed by atoms with E-state index in [4.69, 9.17) is 0 Å². The molecule has 0 spiro atoms. The number of nitrogens with zero attached hydrogens (tertiary/aromatic N) is 2. The van der Waals surface area contributed by atoms with Crippen molar-refractivity contribution in [3.8, 4) is 0 Å². The molecule has 8 heteroatoms. The molecule has 0 atom stereocenters. The van der Waals surface area contributed by atoms with Crippen LogP contribution >= 0.6 is 11.8 Å². The highest BCUT2D eigenvalue weighted by Crippen LogP contribution is 2.31. The van der Waals surface area contributed by atoms with E-state index in [-0.39, 0.29) is 6.42 Å². The van der Waals surface area contributed by atoms with Gasteiger partial charge in [-0.2, -0.15) is 13.2 Å². The van der Waals surface area contributed by atoms with Crippen molar-refractivity contribution in [1.29, 1.82) is 0 Å². The summed E-state index contributed by atoms with van der Waals surface area (Å²) in [6.07, 6.45) is 7.24. The van der Waals surface area contributed by atoms with Crippen molar-refractivity contribution in [2.24, 2.45) is 5.18 Å². The molecular formula is C31H47F3N2O2S. The summed E-state index contributed by atoms with van der Waals surface area (Å²) in [5, 5.41) is 2.45. The SMILES string of the molecule is C=C(C/C=C\C(=C/CC)C(F)(F)F)SC(CN(CC)C/C=C\C=C(\CCC(=O)N=O)C(=C)CC)=C(C)C.CC. The molecule has 0 heterocycles. The highest BCUT2D eigenvalue weighted by molar-refractivity contribution is 8.06. The number of allylic oxidation sites excluding steroid dienone is 10. The van der Waals surface area contributed by atoms with Crippen molar-refractivity contribution in [3.05, 3.63) is 86.6 Å². The molecule has 0 aromatic rings. The maximum Gasteiger partial charge on any atom is 0.416 e. The zero-order valence-electron chi connectivity index (χ0n) is 24.8. The van der Waals surface area contributed by atoms with E-state index in [1.54, 1.807) is 6.92 Å². The minimum atomic E-state index is -4.36. The minimum absolute atomic E-state index is 0.0654. The topological polar surface area (TPSA) is 49.7 Å². The van der Waals surface area contributed by atoms with Gasteiger partial charge >= 0.3 is 6.18 Å². The van der Waals surface area contributed by atoms with E-state index in [1.165, 1.54) is 23.9 Å². The second-order valence-electron chi connectivity index (χ2n) is 8.63. The van der Waals surface area contributed by atoms with Gasteiger partial charge in [0, 0.05) is 29.6 Å². The van der Waals surface area contributed by atoms with Crippen molar-refractivity contribution in [1.82, 2.24) is 4.90 Å². The van der Waals surface area contributed by atoms with Crippen molar-refractivity contribution >= 4 is 17.7 Å². The maximum atomic E-state index is 13.0. The number of rotatable bonds is 17. The van der Waals surface area contributed by atoms with E-state index in [2.05, 4.69) is 30.2 Å². The Morgan fingerprint density at radius 1 is 1.05 bits per heavy atom. The fraction of sp³-hybridized carbons (Fsp3) is 0.516. The molecule has 0 rings (SSSR count). The van der Waals surface area contributed by atoms with Crippen molar-refractivity contribution < 1.29 is 18.0 Å². The maximum absolute atomic E-state index is 13.0. The molecule has 0 radical (unpaired) electrons. The van der Waals surface area contributed by atoms with E-state index in [0.29, 0.717) is 32.4 Å². The first kappa shape index (κ1) is 38.7. The molecule has 0 aliphatic heterocycles. The van der Waals surface area contributed by atoms with Crippen molar-refractivity contribution in [3.63, 3.8) is 0 Å². The van der Waals surface area contributed by atoms with Gasteiger partial charge in [0.2, 0.25) is 0 Å². The van der Waals surface area contributed by atoms with Gasteiger partial charge in [-0.3, -0.25) is 9.69 Å². The second kappa shape index (κ2) is 22.4. The molecule has 0 aliphatic carbocycles. The van der Waals surface area contributed by atoms with Gasteiger partial charge in [-0.15, -0.1) is 4.91 Å². The van der Waals surface area contributed by atoms with Gasteiger partial charge in [-0.05, 0) is 56.6 Å². The van der Waals surface area contributed by atoms with Crippen molar-refractivity contribution in [2.45, 2.75) is 86.7 Å². The van der Waals surface area contributed by atoms with Gasteiger partial charge in [0.1, 0.15) is 0 Å². The number of hydrogen-bond donors (Lipinski definition) is 0. The van der Waals surface area contributed by atoms with Gasteiger partial charge in [0.15, 0.2) is 0 Å². The van der Waals surface area contributed by atoms with Crippen molar-refractivity contribution in [2.75, 3.05) is 19.6 Å². The summed E-state index contributed by atoms with van der Waals surface area (Å²) in [6.45, 7) is 24.0. The Balaban J connectivity index is 0. The summed E-state index contributed by atoms with van der Waals surface area (Å²) >= 11 is 1.51. The molecule has 0 aliphatic rings. The van der Waals surface area contributed by atoms with E-state index < -0.39 is 17.7 Å². The Labute approximate surface area is 238 Å². The van der Waals surface area contributed by atoms with E-state index in [0.717, 1.165) is 45.6 Å². The molecule has 0 N–H and O–H groups in total. The Morgan fingerprint density at radius 3 is 2.18 bits per heavy atom. The Bertz CT molecular complexity index is 938.